The number of carbonyl (C=O) groups is 2. The van der Waals surface area contributed by atoms with Crippen LogP contribution in [0.5, 0.6) is 5.75 Å². The Morgan fingerprint density at radius 2 is 1.79 bits per heavy atom. The van der Waals surface area contributed by atoms with E-state index in [1.54, 1.807) is 18.2 Å². The number of nitrogens with zero attached hydrogens (tertiary/aromatic N) is 2. The molecule has 2 heterocycles. The zero-order valence-corrected chi connectivity index (χ0v) is 18.5. The number of methoxy groups -OCH3 is 1. The van der Waals surface area contributed by atoms with E-state index in [1.807, 2.05) is 0 Å². The van der Waals surface area contributed by atoms with E-state index in [9.17, 15) is 23.5 Å². The molecule has 0 bridgehead atoms. The lowest BCUT2D eigenvalue weighted by atomic mass is 9.95. The van der Waals surface area contributed by atoms with Crippen LogP contribution in [-0.2, 0) is 9.59 Å². The molecule has 1 aliphatic rings. The average Bonchev–Trinajstić information content (AvgIpc) is 3.36. The minimum absolute atomic E-state index is 0.0159. The molecule has 0 aliphatic carbocycles. The summed E-state index contributed by atoms with van der Waals surface area (Å²) < 4.78 is 34.2. The topological polar surface area (TPSA) is 79.7 Å². The highest BCUT2D eigenvalue weighted by Gasteiger charge is 2.49. The number of aromatic nitrogens is 1. The molecule has 1 fully saturated rings. The Morgan fingerprint density at radius 3 is 2.50 bits per heavy atom. The number of halogens is 2. The van der Waals surface area contributed by atoms with Crippen molar-refractivity contribution in [3.63, 3.8) is 0 Å². The first-order chi connectivity index (χ1) is 16.4. The van der Waals surface area contributed by atoms with Crippen LogP contribution in [-0.4, -0.2) is 28.9 Å². The van der Waals surface area contributed by atoms with Crippen LogP contribution >= 0.6 is 11.3 Å². The second-order valence-corrected chi connectivity index (χ2v) is 8.54. The number of aliphatic hydroxyl groups is 1. The van der Waals surface area contributed by atoms with Gasteiger partial charge in [-0.1, -0.05) is 29.5 Å². The molecule has 0 radical (unpaired) electrons. The summed E-state index contributed by atoms with van der Waals surface area (Å²) in [6, 6.07) is 14.6. The third-order valence-corrected chi connectivity index (χ3v) is 6.57. The predicted octanol–water partition coefficient (Wildman–Crippen LogP) is 5.21. The Balaban J connectivity index is 1.73. The maximum absolute atomic E-state index is 14.9. The summed E-state index contributed by atoms with van der Waals surface area (Å²) in [6.45, 7) is 0. The lowest BCUT2D eigenvalue weighted by Gasteiger charge is -2.23. The number of rotatable bonds is 4. The zero-order chi connectivity index (χ0) is 24.0. The smallest absolute Gasteiger partial charge is 0.301 e. The lowest BCUT2D eigenvalue weighted by molar-refractivity contribution is -0.132. The zero-order valence-electron chi connectivity index (χ0n) is 17.7. The van der Waals surface area contributed by atoms with Gasteiger partial charge in [-0.25, -0.2) is 13.8 Å². The van der Waals surface area contributed by atoms with Gasteiger partial charge in [0, 0.05) is 11.1 Å². The number of hydrogen-bond donors (Lipinski definition) is 1. The Labute approximate surface area is 196 Å². The van der Waals surface area contributed by atoms with Gasteiger partial charge in [0.2, 0.25) is 0 Å². The molecule has 0 saturated carbocycles. The normalized spacial score (nSPS) is 17.5. The number of ether oxygens (including phenoxy) is 1. The molecule has 1 N–H and O–H groups in total. The molecule has 170 valence electrons. The summed E-state index contributed by atoms with van der Waals surface area (Å²) in [5.74, 6) is -3.01. The van der Waals surface area contributed by atoms with E-state index in [4.69, 9.17) is 4.74 Å². The fourth-order valence-electron chi connectivity index (χ4n) is 3.91. The molecule has 1 atom stereocenters. The number of hydrogen-bond acceptors (Lipinski definition) is 6. The molecule has 3 aromatic carbocycles. The molecular formula is C25H16F2N2O4S. The molecule has 6 nitrogen and oxygen atoms in total. The minimum Gasteiger partial charge on any atom is -0.507 e. The van der Waals surface area contributed by atoms with Crippen LogP contribution in [0.15, 0.2) is 72.3 Å². The first-order valence-corrected chi connectivity index (χ1v) is 11.0. The molecule has 0 spiro atoms. The van der Waals surface area contributed by atoms with Gasteiger partial charge in [0.25, 0.3) is 5.78 Å². The fourth-order valence-corrected chi connectivity index (χ4v) is 4.93. The second-order valence-electron chi connectivity index (χ2n) is 7.53. The summed E-state index contributed by atoms with van der Waals surface area (Å²) in [5.41, 5.74) is 0.421. The number of benzene rings is 3. The van der Waals surface area contributed by atoms with E-state index in [2.05, 4.69) is 4.98 Å². The first kappa shape index (κ1) is 21.7. The number of Topliss-reactive ketones (excluding diaryl/α,β-unsaturated/α-hetero) is 1. The summed E-state index contributed by atoms with van der Waals surface area (Å²) in [6.07, 6.45) is 0. The van der Waals surface area contributed by atoms with Crippen molar-refractivity contribution >= 4 is 44.1 Å². The van der Waals surface area contributed by atoms with Crippen molar-refractivity contribution in [1.82, 2.24) is 4.98 Å². The standard InChI is InChI=1S/C25H16F2N2O4S/c1-33-15-9-6-13(7-10-15)22(30)20-21(16-4-2-3-5-17(16)27)29(24(32)23(20)31)25-28-18-11-8-14(26)12-19(18)34-25/h2-12,21,30H,1H3/b22-20+/t21-/m0/s1. The van der Waals surface area contributed by atoms with Crippen LogP contribution in [0.25, 0.3) is 16.0 Å². The number of anilines is 1. The average molecular weight is 478 g/mol. The van der Waals surface area contributed by atoms with E-state index < -0.39 is 35.1 Å². The van der Waals surface area contributed by atoms with Gasteiger partial charge in [-0.05, 0) is 48.5 Å². The van der Waals surface area contributed by atoms with Crippen LogP contribution in [0, 0.1) is 11.6 Å². The van der Waals surface area contributed by atoms with Gasteiger partial charge in [-0.2, -0.15) is 0 Å². The number of thiazole rings is 1. The quantitative estimate of drug-likeness (QED) is 0.248. The van der Waals surface area contributed by atoms with Crippen LogP contribution in [0.1, 0.15) is 17.2 Å². The van der Waals surface area contributed by atoms with Crippen LogP contribution in [0.2, 0.25) is 0 Å². The van der Waals surface area contributed by atoms with E-state index in [0.717, 1.165) is 16.2 Å². The van der Waals surface area contributed by atoms with E-state index in [1.165, 1.54) is 55.6 Å². The fraction of sp³-hybridized carbons (Fsp3) is 0.0800. The highest BCUT2D eigenvalue weighted by atomic mass is 32.1. The third-order valence-electron chi connectivity index (χ3n) is 5.55. The van der Waals surface area contributed by atoms with Gasteiger partial charge in [-0.3, -0.25) is 14.5 Å². The molecule has 1 aromatic heterocycles. The third kappa shape index (κ3) is 3.50. The van der Waals surface area contributed by atoms with Gasteiger partial charge >= 0.3 is 5.91 Å². The van der Waals surface area contributed by atoms with Gasteiger partial charge < -0.3 is 9.84 Å². The number of fused-ring (bicyclic) bond motifs is 1. The van der Waals surface area contributed by atoms with E-state index in [-0.39, 0.29) is 21.8 Å². The summed E-state index contributed by atoms with van der Waals surface area (Å²) >= 11 is 0.992. The highest BCUT2D eigenvalue weighted by Crippen LogP contribution is 2.45. The van der Waals surface area contributed by atoms with E-state index in [0.29, 0.717) is 16.0 Å². The second kappa shape index (κ2) is 8.35. The molecular weight excluding hydrogens is 462 g/mol. The van der Waals surface area contributed by atoms with Gasteiger partial charge in [0.15, 0.2) is 5.13 Å². The maximum atomic E-state index is 14.9. The number of aliphatic hydroxyl groups excluding tert-OH is 1. The Kier molecular flexibility index (Phi) is 5.33. The molecule has 1 aliphatic heterocycles. The van der Waals surface area contributed by atoms with Crippen molar-refractivity contribution in [3.8, 4) is 5.75 Å². The summed E-state index contributed by atoms with van der Waals surface area (Å²) in [4.78, 5) is 31.8. The number of carbonyl (C=O) groups excluding carboxylic acids is 2. The molecule has 9 heteroatoms. The number of amides is 1. The Hall–Kier alpha value is -4.11. The number of ketones is 1. The Bertz CT molecular complexity index is 1480. The SMILES string of the molecule is COc1ccc(/C(O)=C2\C(=O)C(=O)N(c3nc4ccc(F)cc4s3)[C@H]2c2ccccc2F)cc1. The molecule has 4 aromatic rings. The van der Waals surface area contributed by atoms with Gasteiger partial charge in [0.05, 0.1) is 22.9 Å². The van der Waals surface area contributed by atoms with Crippen molar-refractivity contribution in [2.75, 3.05) is 12.0 Å². The van der Waals surface area contributed by atoms with Crippen molar-refractivity contribution in [1.29, 1.82) is 0 Å². The molecule has 1 saturated heterocycles. The lowest BCUT2D eigenvalue weighted by Crippen LogP contribution is -2.29. The van der Waals surface area contributed by atoms with Crippen molar-refractivity contribution in [2.24, 2.45) is 0 Å². The van der Waals surface area contributed by atoms with Gasteiger partial charge in [-0.15, -0.1) is 0 Å². The predicted molar refractivity (Wildman–Crippen MR) is 124 cm³/mol. The minimum atomic E-state index is -1.27. The largest absolute Gasteiger partial charge is 0.507 e. The maximum Gasteiger partial charge on any atom is 0.301 e. The van der Waals surface area contributed by atoms with Crippen LogP contribution < -0.4 is 9.64 Å². The van der Waals surface area contributed by atoms with Crippen molar-refractivity contribution < 1.29 is 28.2 Å². The molecule has 0 unspecified atom stereocenters. The first-order valence-electron chi connectivity index (χ1n) is 10.1. The molecule has 1 amide bonds. The Morgan fingerprint density at radius 1 is 1.06 bits per heavy atom. The molecule has 34 heavy (non-hydrogen) atoms. The molecule has 5 rings (SSSR count). The summed E-state index contributed by atoms with van der Waals surface area (Å²) in [7, 11) is 1.49. The van der Waals surface area contributed by atoms with Crippen LogP contribution in [0.3, 0.4) is 0 Å². The van der Waals surface area contributed by atoms with Crippen molar-refractivity contribution in [3.05, 3.63) is 95.1 Å². The summed E-state index contributed by atoms with van der Waals surface area (Å²) in [5, 5.41) is 11.2. The van der Waals surface area contributed by atoms with Gasteiger partial charge in [0.1, 0.15) is 29.2 Å². The van der Waals surface area contributed by atoms with Crippen LogP contribution in [0.4, 0.5) is 13.9 Å². The van der Waals surface area contributed by atoms with Crippen molar-refractivity contribution in [2.45, 2.75) is 6.04 Å². The monoisotopic (exact) mass is 478 g/mol. The highest BCUT2D eigenvalue weighted by molar-refractivity contribution is 7.22. The van der Waals surface area contributed by atoms with E-state index >= 15 is 0 Å².